The molecule has 3 heterocycles. The Morgan fingerprint density at radius 2 is 2.25 bits per heavy atom. The van der Waals surface area contributed by atoms with Crippen molar-refractivity contribution in [3.63, 3.8) is 0 Å². The van der Waals surface area contributed by atoms with E-state index in [1.165, 1.54) is 32.4 Å². The minimum absolute atomic E-state index is 0.338. The number of rotatable bonds is 1. The van der Waals surface area contributed by atoms with E-state index < -0.39 is 0 Å². The lowest BCUT2D eigenvalue weighted by Crippen LogP contribution is -2.46. The fourth-order valence-corrected chi connectivity index (χ4v) is 3.22. The van der Waals surface area contributed by atoms with Crippen molar-refractivity contribution in [1.82, 2.24) is 15.1 Å². The molecular formula is C12H18N4. The number of anilines is 1. The van der Waals surface area contributed by atoms with Crippen LogP contribution in [0.2, 0.25) is 0 Å². The van der Waals surface area contributed by atoms with E-state index in [0.29, 0.717) is 5.54 Å². The van der Waals surface area contributed by atoms with Crippen LogP contribution in [-0.4, -0.2) is 47.3 Å². The van der Waals surface area contributed by atoms with E-state index in [-0.39, 0.29) is 0 Å². The van der Waals surface area contributed by atoms with Gasteiger partial charge in [-0.15, -0.1) is 5.10 Å². The molecule has 4 nitrogen and oxygen atoms in total. The molecule has 0 aliphatic carbocycles. The van der Waals surface area contributed by atoms with Gasteiger partial charge in [-0.3, -0.25) is 0 Å². The molecule has 4 heteroatoms. The van der Waals surface area contributed by atoms with E-state index >= 15 is 0 Å². The monoisotopic (exact) mass is 218 g/mol. The lowest BCUT2D eigenvalue weighted by atomic mass is 9.95. The maximum atomic E-state index is 4.26. The van der Waals surface area contributed by atoms with Crippen LogP contribution in [0.15, 0.2) is 18.3 Å². The Labute approximate surface area is 96.3 Å². The molecule has 2 aliphatic rings. The summed E-state index contributed by atoms with van der Waals surface area (Å²) < 4.78 is 0. The van der Waals surface area contributed by atoms with Crippen molar-refractivity contribution in [3.05, 3.63) is 18.3 Å². The highest BCUT2D eigenvalue weighted by Crippen LogP contribution is 2.39. The van der Waals surface area contributed by atoms with Crippen LogP contribution in [-0.2, 0) is 0 Å². The van der Waals surface area contributed by atoms with Gasteiger partial charge in [0.1, 0.15) is 0 Å². The Morgan fingerprint density at radius 3 is 2.94 bits per heavy atom. The van der Waals surface area contributed by atoms with Gasteiger partial charge < -0.3 is 9.80 Å². The molecule has 2 saturated heterocycles. The number of likely N-dealkylation sites (N-methyl/N-ethyl adjacent to an activating group) is 1. The lowest BCUT2D eigenvalue weighted by molar-refractivity contribution is 0.366. The number of hydrogen-bond acceptors (Lipinski definition) is 4. The van der Waals surface area contributed by atoms with Crippen LogP contribution in [0.3, 0.4) is 0 Å². The molecule has 1 unspecified atom stereocenters. The smallest absolute Gasteiger partial charge is 0.151 e. The predicted octanol–water partition coefficient (Wildman–Crippen LogP) is 1.15. The first-order chi connectivity index (χ1) is 7.80. The van der Waals surface area contributed by atoms with E-state index in [1.54, 1.807) is 6.20 Å². The second-order valence-electron chi connectivity index (χ2n) is 5.05. The first-order valence-electron chi connectivity index (χ1n) is 6.04. The van der Waals surface area contributed by atoms with Crippen LogP contribution in [0.1, 0.15) is 19.3 Å². The molecule has 0 amide bonds. The highest BCUT2D eigenvalue weighted by Gasteiger charge is 2.45. The topological polar surface area (TPSA) is 32.3 Å². The summed E-state index contributed by atoms with van der Waals surface area (Å²) in [5.41, 5.74) is 0.338. The average Bonchev–Trinajstić information content (AvgIpc) is 2.88. The Morgan fingerprint density at radius 1 is 1.31 bits per heavy atom. The highest BCUT2D eigenvalue weighted by atomic mass is 15.3. The molecule has 0 radical (unpaired) electrons. The van der Waals surface area contributed by atoms with Gasteiger partial charge in [0.25, 0.3) is 0 Å². The third kappa shape index (κ3) is 1.48. The maximum Gasteiger partial charge on any atom is 0.151 e. The molecule has 86 valence electrons. The fraction of sp³-hybridized carbons (Fsp3) is 0.667. The molecule has 1 aromatic heterocycles. The first kappa shape index (κ1) is 10.0. The van der Waals surface area contributed by atoms with Gasteiger partial charge in [-0.1, -0.05) is 0 Å². The molecular weight excluding hydrogens is 200 g/mol. The highest BCUT2D eigenvalue weighted by molar-refractivity contribution is 5.43. The van der Waals surface area contributed by atoms with Crippen LogP contribution in [0.5, 0.6) is 0 Å². The molecule has 16 heavy (non-hydrogen) atoms. The summed E-state index contributed by atoms with van der Waals surface area (Å²) in [4.78, 5) is 4.90. The van der Waals surface area contributed by atoms with Gasteiger partial charge in [0, 0.05) is 25.8 Å². The van der Waals surface area contributed by atoms with E-state index in [1.807, 2.05) is 6.07 Å². The van der Waals surface area contributed by atoms with Gasteiger partial charge in [-0.2, -0.15) is 5.10 Å². The third-order valence-corrected chi connectivity index (χ3v) is 3.95. The summed E-state index contributed by atoms with van der Waals surface area (Å²) in [6.45, 7) is 3.51. The number of likely N-dealkylation sites (tertiary alicyclic amines) is 1. The van der Waals surface area contributed by atoms with Crippen molar-refractivity contribution in [3.8, 4) is 0 Å². The summed E-state index contributed by atoms with van der Waals surface area (Å²) in [7, 11) is 2.21. The van der Waals surface area contributed by atoms with E-state index in [0.717, 1.165) is 12.4 Å². The minimum Gasteiger partial charge on any atom is -0.348 e. The second-order valence-corrected chi connectivity index (χ2v) is 5.05. The molecule has 1 spiro atoms. The molecule has 2 fully saturated rings. The van der Waals surface area contributed by atoms with Gasteiger partial charge in [0.05, 0.1) is 5.54 Å². The van der Waals surface area contributed by atoms with Crippen LogP contribution >= 0.6 is 0 Å². The average molecular weight is 218 g/mol. The van der Waals surface area contributed by atoms with Gasteiger partial charge in [-0.25, -0.2) is 0 Å². The fourth-order valence-electron chi connectivity index (χ4n) is 3.22. The van der Waals surface area contributed by atoms with Gasteiger partial charge in [0.15, 0.2) is 5.82 Å². The molecule has 0 bridgehead atoms. The van der Waals surface area contributed by atoms with Crippen LogP contribution in [0.4, 0.5) is 5.82 Å². The number of aromatic nitrogens is 2. The number of nitrogens with zero attached hydrogens (tertiary/aromatic N) is 4. The third-order valence-electron chi connectivity index (χ3n) is 3.95. The first-order valence-corrected chi connectivity index (χ1v) is 6.04. The van der Waals surface area contributed by atoms with Crippen molar-refractivity contribution < 1.29 is 0 Å². The Kier molecular flexibility index (Phi) is 2.32. The summed E-state index contributed by atoms with van der Waals surface area (Å²) in [5, 5.41) is 8.26. The summed E-state index contributed by atoms with van der Waals surface area (Å²) in [5.74, 6) is 1.05. The molecule has 3 rings (SSSR count). The van der Waals surface area contributed by atoms with Crippen LogP contribution in [0, 0.1) is 0 Å². The molecule has 0 saturated carbocycles. The van der Waals surface area contributed by atoms with Crippen LogP contribution < -0.4 is 4.90 Å². The molecule has 1 aromatic rings. The van der Waals surface area contributed by atoms with Gasteiger partial charge >= 0.3 is 0 Å². The largest absolute Gasteiger partial charge is 0.348 e. The van der Waals surface area contributed by atoms with Gasteiger partial charge in [0.2, 0.25) is 0 Å². The second kappa shape index (κ2) is 3.70. The number of hydrogen-bond donors (Lipinski definition) is 0. The minimum atomic E-state index is 0.338. The Hall–Kier alpha value is -1.16. The SMILES string of the molecule is CN1CCC2(CCCN2c2cccnn2)C1. The summed E-state index contributed by atoms with van der Waals surface area (Å²) in [6, 6.07) is 4.06. The lowest BCUT2D eigenvalue weighted by Gasteiger charge is -2.35. The van der Waals surface area contributed by atoms with Crippen molar-refractivity contribution in [2.24, 2.45) is 0 Å². The van der Waals surface area contributed by atoms with Crippen molar-refractivity contribution >= 4 is 5.82 Å². The molecule has 0 aromatic carbocycles. The quantitative estimate of drug-likeness (QED) is 0.708. The van der Waals surface area contributed by atoms with E-state index in [4.69, 9.17) is 0 Å². The van der Waals surface area contributed by atoms with Gasteiger partial charge in [-0.05, 0) is 38.4 Å². The predicted molar refractivity (Wildman–Crippen MR) is 63.5 cm³/mol. The van der Waals surface area contributed by atoms with E-state index in [9.17, 15) is 0 Å². The Balaban J connectivity index is 1.90. The Bertz CT molecular complexity index is 367. The van der Waals surface area contributed by atoms with Crippen molar-refractivity contribution in [2.45, 2.75) is 24.8 Å². The normalized spacial score (nSPS) is 30.4. The van der Waals surface area contributed by atoms with Crippen LogP contribution in [0.25, 0.3) is 0 Å². The standard InChI is InChI=1S/C12H18N4/c1-15-9-6-12(10-15)5-3-8-16(12)11-4-2-7-13-14-11/h2,4,7H,3,5-6,8-10H2,1H3. The molecule has 2 aliphatic heterocycles. The van der Waals surface area contributed by atoms with E-state index in [2.05, 4.69) is 33.1 Å². The van der Waals surface area contributed by atoms with Crippen molar-refractivity contribution in [2.75, 3.05) is 31.6 Å². The zero-order valence-corrected chi connectivity index (χ0v) is 9.76. The molecule has 1 atom stereocenters. The maximum absolute atomic E-state index is 4.26. The zero-order chi connectivity index (χ0) is 11.0. The molecule has 0 N–H and O–H groups in total. The summed E-state index contributed by atoms with van der Waals surface area (Å²) >= 11 is 0. The zero-order valence-electron chi connectivity index (χ0n) is 9.76. The van der Waals surface area contributed by atoms with Crippen molar-refractivity contribution in [1.29, 1.82) is 0 Å². The summed E-state index contributed by atoms with van der Waals surface area (Å²) in [6.07, 6.45) is 5.59.